The summed E-state index contributed by atoms with van der Waals surface area (Å²) in [6, 6.07) is 15.7. The molecule has 104 valence electrons. The van der Waals surface area contributed by atoms with E-state index in [0.717, 1.165) is 29.1 Å². The highest BCUT2D eigenvalue weighted by molar-refractivity contribution is 5.95. The van der Waals surface area contributed by atoms with Crippen molar-refractivity contribution in [2.24, 2.45) is 5.73 Å². The van der Waals surface area contributed by atoms with E-state index in [1.807, 2.05) is 55.6 Å². The number of nitrogen functional groups attached to an aromatic ring is 1. The van der Waals surface area contributed by atoms with E-state index in [1.54, 1.807) is 7.11 Å². The summed E-state index contributed by atoms with van der Waals surface area (Å²) in [6.45, 7) is 0.757. The lowest BCUT2D eigenvalue weighted by molar-refractivity contribution is 0.415. The van der Waals surface area contributed by atoms with Gasteiger partial charge in [-0.25, -0.2) is 0 Å². The minimum absolute atomic E-state index is 0.0963. The van der Waals surface area contributed by atoms with E-state index in [4.69, 9.17) is 15.9 Å². The number of nitrogens with one attached hydrogen (secondary N) is 1. The molecule has 2 aromatic carbocycles. The molecule has 3 N–H and O–H groups in total. The van der Waals surface area contributed by atoms with Gasteiger partial charge in [0, 0.05) is 24.8 Å². The third-order valence-electron chi connectivity index (χ3n) is 3.17. The van der Waals surface area contributed by atoms with Gasteiger partial charge in [0.15, 0.2) is 0 Å². The second kappa shape index (κ2) is 6.10. The Morgan fingerprint density at radius 1 is 1.20 bits per heavy atom. The van der Waals surface area contributed by atoms with E-state index in [0.29, 0.717) is 0 Å². The molecule has 0 aliphatic heterocycles. The van der Waals surface area contributed by atoms with E-state index in [-0.39, 0.29) is 5.84 Å². The maximum Gasteiger partial charge on any atom is 0.122 e. The van der Waals surface area contributed by atoms with Crippen molar-refractivity contribution in [1.29, 1.82) is 5.41 Å². The standard InChI is InChI=1S/C16H19N3O/c1-19(14-6-8-15(20-2)9-7-14)11-12-4-3-5-13(10-12)16(17)18/h3-10H,11H2,1-2H3,(H3,17,18). The molecule has 0 aromatic heterocycles. The summed E-state index contributed by atoms with van der Waals surface area (Å²) in [7, 11) is 3.69. The number of anilines is 1. The Kier molecular flexibility index (Phi) is 4.25. The van der Waals surface area contributed by atoms with Crippen LogP contribution in [0.25, 0.3) is 0 Å². The van der Waals surface area contributed by atoms with Gasteiger partial charge in [0.25, 0.3) is 0 Å². The fourth-order valence-electron chi connectivity index (χ4n) is 2.04. The Morgan fingerprint density at radius 3 is 2.50 bits per heavy atom. The normalized spacial score (nSPS) is 10.1. The molecule has 0 radical (unpaired) electrons. The first-order chi connectivity index (χ1) is 9.60. The number of hydrogen-bond donors (Lipinski definition) is 2. The van der Waals surface area contributed by atoms with Gasteiger partial charge >= 0.3 is 0 Å². The zero-order chi connectivity index (χ0) is 14.5. The van der Waals surface area contributed by atoms with Crippen molar-refractivity contribution in [3.8, 4) is 5.75 Å². The zero-order valence-electron chi connectivity index (χ0n) is 11.8. The SMILES string of the molecule is COc1ccc(N(C)Cc2cccc(C(=N)N)c2)cc1. The Balaban J connectivity index is 2.12. The van der Waals surface area contributed by atoms with Crippen LogP contribution in [-0.4, -0.2) is 20.0 Å². The molecule has 0 spiro atoms. The zero-order valence-corrected chi connectivity index (χ0v) is 11.8. The molecule has 20 heavy (non-hydrogen) atoms. The van der Waals surface area contributed by atoms with Crippen LogP contribution < -0.4 is 15.4 Å². The number of amidine groups is 1. The lowest BCUT2D eigenvalue weighted by atomic mass is 10.1. The Hall–Kier alpha value is -2.49. The summed E-state index contributed by atoms with van der Waals surface area (Å²) >= 11 is 0. The van der Waals surface area contributed by atoms with E-state index < -0.39 is 0 Å². The number of ether oxygens (including phenoxy) is 1. The van der Waals surface area contributed by atoms with Crippen LogP contribution in [0.2, 0.25) is 0 Å². The molecule has 2 rings (SSSR count). The lowest BCUT2D eigenvalue weighted by Crippen LogP contribution is -2.17. The van der Waals surface area contributed by atoms with Crippen molar-refractivity contribution in [3.05, 3.63) is 59.7 Å². The molecule has 0 aliphatic rings. The highest BCUT2D eigenvalue weighted by atomic mass is 16.5. The van der Waals surface area contributed by atoms with Crippen LogP contribution in [0.15, 0.2) is 48.5 Å². The number of rotatable bonds is 5. The van der Waals surface area contributed by atoms with Crippen molar-refractivity contribution in [1.82, 2.24) is 0 Å². The molecule has 0 heterocycles. The first-order valence-corrected chi connectivity index (χ1v) is 6.38. The molecular formula is C16H19N3O. The molecule has 0 fully saturated rings. The van der Waals surface area contributed by atoms with Crippen LogP contribution in [0.3, 0.4) is 0 Å². The van der Waals surface area contributed by atoms with Crippen molar-refractivity contribution in [2.75, 3.05) is 19.1 Å². The van der Waals surface area contributed by atoms with Gasteiger partial charge in [-0.05, 0) is 35.9 Å². The molecule has 2 aromatic rings. The number of methoxy groups -OCH3 is 1. The molecule has 0 unspecified atom stereocenters. The average Bonchev–Trinajstić information content (AvgIpc) is 2.47. The smallest absolute Gasteiger partial charge is 0.122 e. The summed E-state index contributed by atoms with van der Waals surface area (Å²) in [6.07, 6.45) is 0. The van der Waals surface area contributed by atoms with Gasteiger partial charge in [-0.2, -0.15) is 0 Å². The van der Waals surface area contributed by atoms with Crippen molar-refractivity contribution in [3.63, 3.8) is 0 Å². The van der Waals surface area contributed by atoms with Gasteiger partial charge in [0.05, 0.1) is 7.11 Å². The van der Waals surface area contributed by atoms with E-state index in [1.165, 1.54) is 0 Å². The number of benzene rings is 2. The molecular weight excluding hydrogens is 250 g/mol. The molecule has 4 nitrogen and oxygen atoms in total. The van der Waals surface area contributed by atoms with E-state index >= 15 is 0 Å². The van der Waals surface area contributed by atoms with Gasteiger partial charge in [-0.15, -0.1) is 0 Å². The van der Waals surface area contributed by atoms with Crippen LogP contribution in [0.4, 0.5) is 5.69 Å². The summed E-state index contributed by atoms with van der Waals surface area (Å²) < 4.78 is 5.15. The summed E-state index contributed by atoms with van der Waals surface area (Å²) in [5, 5.41) is 7.47. The first kappa shape index (κ1) is 13.9. The van der Waals surface area contributed by atoms with Crippen molar-refractivity contribution >= 4 is 11.5 Å². The fraction of sp³-hybridized carbons (Fsp3) is 0.188. The minimum atomic E-state index is 0.0963. The fourth-order valence-corrected chi connectivity index (χ4v) is 2.04. The van der Waals surface area contributed by atoms with Crippen molar-refractivity contribution in [2.45, 2.75) is 6.54 Å². The average molecular weight is 269 g/mol. The Labute approximate surface area is 119 Å². The van der Waals surface area contributed by atoms with E-state index in [9.17, 15) is 0 Å². The number of hydrogen-bond acceptors (Lipinski definition) is 3. The van der Waals surface area contributed by atoms with Gasteiger partial charge < -0.3 is 15.4 Å². The van der Waals surface area contributed by atoms with Gasteiger partial charge in [-0.1, -0.05) is 18.2 Å². The van der Waals surface area contributed by atoms with Crippen LogP contribution in [0.1, 0.15) is 11.1 Å². The summed E-state index contributed by atoms with van der Waals surface area (Å²) in [5.74, 6) is 0.944. The third-order valence-corrected chi connectivity index (χ3v) is 3.17. The highest BCUT2D eigenvalue weighted by Crippen LogP contribution is 2.20. The highest BCUT2D eigenvalue weighted by Gasteiger charge is 2.04. The van der Waals surface area contributed by atoms with Gasteiger partial charge in [0.2, 0.25) is 0 Å². The monoisotopic (exact) mass is 269 g/mol. The third kappa shape index (κ3) is 3.29. The number of nitrogens with zero attached hydrogens (tertiary/aromatic N) is 1. The largest absolute Gasteiger partial charge is 0.497 e. The van der Waals surface area contributed by atoms with Gasteiger partial charge in [-0.3, -0.25) is 5.41 Å². The molecule has 0 atom stereocenters. The molecule has 0 saturated carbocycles. The van der Waals surface area contributed by atoms with Crippen molar-refractivity contribution < 1.29 is 4.74 Å². The van der Waals surface area contributed by atoms with Crippen LogP contribution >= 0.6 is 0 Å². The quantitative estimate of drug-likeness (QED) is 0.648. The molecule has 0 amide bonds. The van der Waals surface area contributed by atoms with E-state index in [2.05, 4.69) is 4.90 Å². The molecule has 4 heteroatoms. The minimum Gasteiger partial charge on any atom is -0.497 e. The predicted octanol–water partition coefficient (Wildman–Crippen LogP) is 2.62. The maximum atomic E-state index is 7.47. The molecule has 0 bridgehead atoms. The molecule has 0 saturated heterocycles. The second-order valence-corrected chi connectivity index (χ2v) is 4.67. The first-order valence-electron chi connectivity index (χ1n) is 6.38. The van der Waals surface area contributed by atoms with Crippen LogP contribution in [0.5, 0.6) is 5.75 Å². The lowest BCUT2D eigenvalue weighted by Gasteiger charge is -2.20. The summed E-state index contributed by atoms with van der Waals surface area (Å²) in [5.41, 5.74) is 8.50. The van der Waals surface area contributed by atoms with Crippen LogP contribution in [0, 0.1) is 5.41 Å². The molecule has 0 aliphatic carbocycles. The topological polar surface area (TPSA) is 62.3 Å². The summed E-state index contributed by atoms with van der Waals surface area (Å²) in [4.78, 5) is 2.14. The second-order valence-electron chi connectivity index (χ2n) is 4.67. The van der Waals surface area contributed by atoms with Gasteiger partial charge in [0.1, 0.15) is 11.6 Å². The predicted molar refractivity (Wildman–Crippen MR) is 82.6 cm³/mol. The number of nitrogens with two attached hydrogens (primary N) is 1. The Bertz CT molecular complexity index is 593. The maximum absolute atomic E-state index is 7.47. The Morgan fingerprint density at radius 2 is 1.90 bits per heavy atom. The van der Waals surface area contributed by atoms with Crippen LogP contribution in [-0.2, 0) is 6.54 Å².